The summed E-state index contributed by atoms with van der Waals surface area (Å²) >= 11 is 0. The molecule has 29 heavy (non-hydrogen) atoms. The first-order valence-electron chi connectivity index (χ1n) is 9.93. The second-order valence-corrected chi connectivity index (χ2v) is 7.03. The lowest BCUT2D eigenvalue weighted by Gasteiger charge is -2.15. The van der Waals surface area contributed by atoms with Crippen molar-refractivity contribution in [2.24, 2.45) is 4.99 Å². The molecule has 0 saturated heterocycles. The van der Waals surface area contributed by atoms with Gasteiger partial charge in [-0.05, 0) is 36.6 Å². The summed E-state index contributed by atoms with van der Waals surface area (Å²) in [4.78, 5) is 17.8. The summed E-state index contributed by atoms with van der Waals surface area (Å²) in [5.74, 6) is 0.750. The van der Waals surface area contributed by atoms with E-state index in [0.29, 0.717) is 18.7 Å². The number of guanidine groups is 1. The highest BCUT2D eigenvalue weighted by molar-refractivity contribution is 5.93. The van der Waals surface area contributed by atoms with Crippen LogP contribution in [0.25, 0.3) is 0 Å². The highest BCUT2D eigenvalue weighted by atomic mass is 16.5. The van der Waals surface area contributed by atoms with Gasteiger partial charge in [0.25, 0.3) is 5.91 Å². The molecule has 0 spiro atoms. The van der Waals surface area contributed by atoms with Crippen LogP contribution in [0.15, 0.2) is 59.6 Å². The first-order chi connectivity index (χ1) is 14.0. The SMILES string of the molecule is CN=C(NCCCOC(C)c1ccccc1)NCc1ccc(C(=O)N(C)C)cc1. The van der Waals surface area contributed by atoms with Crippen LogP contribution in [0.5, 0.6) is 0 Å². The van der Waals surface area contributed by atoms with Gasteiger partial charge in [0.1, 0.15) is 0 Å². The van der Waals surface area contributed by atoms with E-state index < -0.39 is 0 Å². The molecule has 6 heteroatoms. The lowest BCUT2D eigenvalue weighted by Crippen LogP contribution is -2.37. The largest absolute Gasteiger partial charge is 0.374 e. The minimum absolute atomic E-state index is 0.00536. The van der Waals surface area contributed by atoms with E-state index >= 15 is 0 Å². The molecule has 0 heterocycles. The molecule has 0 radical (unpaired) electrons. The Hall–Kier alpha value is -2.86. The molecule has 0 aromatic heterocycles. The predicted octanol–water partition coefficient (Wildman–Crippen LogP) is 3.22. The van der Waals surface area contributed by atoms with Gasteiger partial charge in [-0.15, -0.1) is 0 Å². The van der Waals surface area contributed by atoms with Crippen LogP contribution in [0.3, 0.4) is 0 Å². The van der Waals surface area contributed by atoms with Gasteiger partial charge in [0.05, 0.1) is 6.10 Å². The summed E-state index contributed by atoms with van der Waals surface area (Å²) in [6.45, 7) is 4.16. The summed E-state index contributed by atoms with van der Waals surface area (Å²) in [7, 11) is 5.25. The number of nitrogens with zero attached hydrogens (tertiary/aromatic N) is 2. The van der Waals surface area contributed by atoms with E-state index in [4.69, 9.17) is 4.74 Å². The average Bonchev–Trinajstić information content (AvgIpc) is 2.75. The van der Waals surface area contributed by atoms with Crippen LogP contribution < -0.4 is 10.6 Å². The average molecular weight is 397 g/mol. The van der Waals surface area contributed by atoms with E-state index in [1.807, 2.05) is 42.5 Å². The maximum absolute atomic E-state index is 11.9. The molecule has 6 nitrogen and oxygen atoms in total. The minimum atomic E-state index is 0.00536. The van der Waals surface area contributed by atoms with E-state index in [1.54, 1.807) is 26.0 Å². The molecule has 0 bridgehead atoms. The first-order valence-corrected chi connectivity index (χ1v) is 9.93. The quantitative estimate of drug-likeness (QED) is 0.388. The Kier molecular flexibility index (Phi) is 9.18. The second kappa shape index (κ2) is 11.9. The molecular formula is C23H32N4O2. The van der Waals surface area contributed by atoms with Gasteiger partial charge >= 0.3 is 0 Å². The third-order valence-electron chi connectivity index (χ3n) is 4.54. The summed E-state index contributed by atoms with van der Waals surface area (Å²) in [5, 5.41) is 6.58. The zero-order valence-electron chi connectivity index (χ0n) is 17.8. The third kappa shape index (κ3) is 7.58. The van der Waals surface area contributed by atoms with Crippen molar-refractivity contribution in [3.05, 3.63) is 71.3 Å². The zero-order chi connectivity index (χ0) is 21.1. The molecule has 0 aliphatic rings. The van der Waals surface area contributed by atoms with Crippen molar-refractivity contribution in [2.75, 3.05) is 34.3 Å². The fourth-order valence-corrected chi connectivity index (χ4v) is 2.79. The Bertz CT molecular complexity index is 773. The number of amides is 1. The van der Waals surface area contributed by atoms with Gasteiger partial charge in [-0.2, -0.15) is 0 Å². The second-order valence-electron chi connectivity index (χ2n) is 7.03. The molecule has 0 aliphatic carbocycles. The molecule has 2 rings (SSSR count). The number of ether oxygens (including phenoxy) is 1. The van der Waals surface area contributed by atoms with Gasteiger partial charge in [0.15, 0.2) is 5.96 Å². The van der Waals surface area contributed by atoms with Gasteiger partial charge in [-0.1, -0.05) is 42.5 Å². The van der Waals surface area contributed by atoms with Gasteiger partial charge in [-0.3, -0.25) is 9.79 Å². The predicted molar refractivity (Wildman–Crippen MR) is 118 cm³/mol. The smallest absolute Gasteiger partial charge is 0.253 e. The molecule has 2 aromatic rings. The number of hydrogen-bond acceptors (Lipinski definition) is 3. The molecule has 0 fully saturated rings. The third-order valence-corrected chi connectivity index (χ3v) is 4.54. The summed E-state index contributed by atoms with van der Waals surface area (Å²) < 4.78 is 5.89. The van der Waals surface area contributed by atoms with Gasteiger partial charge < -0.3 is 20.3 Å². The van der Waals surface area contributed by atoms with Crippen molar-refractivity contribution in [3.8, 4) is 0 Å². The lowest BCUT2D eigenvalue weighted by molar-refractivity contribution is 0.0646. The number of carbonyl (C=O) groups is 1. The summed E-state index contributed by atoms with van der Waals surface area (Å²) in [5.41, 5.74) is 2.96. The topological polar surface area (TPSA) is 66.0 Å². The van der Waals surface area contributed by atoms with Crippen LogP contribution in [-0.2, 0) is 11.3 Å². The number of carbonyl (C=O) groups excluding carboxylic acids is 1. The van der Waals surface area contributed by atoms with Gasteiger partial charge in [0, 0.05) is 46.4 Å². The van der Waals surface area contributed by atoms with Crippen LogP contribution >= 0.6 is 0 Å². The lowest BCUT2D eigenvalue weighted by atomic mass is 10.1. The molecular weight excluding hydrogens is 364 g/mol. The Morgan fingerprint density at radius 1 is 1.07 bits per heavy atom. The molecule has 2 aromatic carbocycles. The molecule has 1 atom stereocenters. The van der Waals surface area contributed by atoms with Crippen LogP contribution in [0.4, 0.5) is 0 Å². The van der Waals surface area contributed by atoms with Crippen LogP contribution in [0.2, 0.25) is 0 Å². The van der Waals surface area contributed by atoms with Gasteiger partial charge in [-0.25, -0.2) is 0 Å². The fraction of sp³-hybridized carbons (Fsp3) is 0.391. The molecule has 2 N–H and O–H groups in total. The van der Waals surface area contributed by atoms with E-state index in [9.17, 15) is 4.79 Å². The van der Waals surface area contributed by atoms with Crippen LogP contribution in [-0.4, -0.2) is 51.1 Å². The van der Waals surface area contributed by atoms with Crippen molar-refractivity contribution < 1.29 is 9.53 Å². The summed E-state index contributed by atoms with van der Waals surface area (Å²) in [6.07, 6.45) is 0.982. The highest BCUT2D eigenvalue weighted by Gasteiger charge is 2.07. The van der Waals surface area contributed by atoms with Crippen molar-refractivity contribution in [2.45, 2.75) is 26.0 Å². The van der Waals surface area contributed by atoms with E-state index in [2.05, 4.69) is 34.7 Å². The summed E-state index contributed by atoms with van der Waals surface area (Å²) in [6, 6.07) is 17.8. The Morgan fingerprint density at radius 3 is 2.38 bits per heavy atom. The number of benzene rings is 2. The van der Waals surface area contributed by atoms with E-state index in [-0.39, 0.29) is 12.0 Å². The van der Waals surface area contributed by atoms with E-state index in [1.165, 1.54) is 5.56 Å². The normalized spacial score (nSPS) is 12.3. The Morgan fingerprint density at radius 2 is 1.76 bits per heavy atom. The van der Waals surface area contributed by atoms with Crippen molar-refractivity contribution in [1.29, 1.82) is 0 Å². The van der Waals surface area contributed by atoms with Crippen molar-refractivity contribution in [3.63, 3.8) is 0 Å². The number of hydrogen-bond donors (Lipinski definition) is 2. The first kappa shape index (κ1) is 22.4. The highest BCUT2D eigenvalue weighted by Crippen LogP contribution is 2.15. The maximum Gasteiger partial charge on any atom is 0.253 e. The molecule has 0 saturated carbocycles. The number of nitrogens with one attached hydrogen (secondary N) is 2. The Balaban J connectivity index is 1.67. The van der Waals surface area contributed by atoms with Crippen LogP contribution in [0, 0.1) is 0 Å². The zero-order valence-corrected chi connectivity index (χ0v) is 17.8. The number of aliphatic imine (C=N–C) groups is 1. The van der Waals surface area contributed by atoms with E-state index in [0.717, 1.165) is 24.5 Å². The molecule has 156 valence electrons. The van der Waals surface area contributed by atoms with Crippen molar-refractivity contribution in [1.82, 2.24) is 15.5 Å². The number of rotatable bonds is 9. The van der Waals surface area contributed by atoms with Gasteiger partial charge in [0.2, 0.25) is 0 Å². The standard InChI is InChI=1S/C23H32N4O2/c1-18(20-9-6-5-7-10-20)29-16-8-15-25-23(24-2)26-17-19-11-13-21(14-12-19)22(28)27(3)4/h5-7,9-14,18H,8,15-17H2,1-4H3,(H2,24,25,26). The molecule has 1 amide bonds. The van der Waals surface area contributed by atoms with Crippen LogP contribution in [0.1, 0.15) is 40.9 Å². The molecule has 0 aliphatic heterocycles. The molecule has 1 unspecified atom stereocenters. The maximum atomic E-state index is 11.9. The fourth-order valence-electron chi connectivity index (χ4n) is 2.79. The monoisotopic (exact) mass is 396 g/mol. The Labute approximate surface area is 174 Å². The van der Waals surface area contributed by atoms with Crippen molar-refractivity contribution >= 4 is 11.9 Å². The minimum Gasteiger partial charge on any atom is -0.374 e.